The van der Waals surface area contributed by atoms with E-state index in [-0.39, 0.29) is 19.0 Å². The van der Waals surface area contributed by atoms with E-state index in [9.17, 15) is 14.7 Å². The molecule has 0 radical (unpaired) electrons. The molecule has 1 heterocycles. The molecule has 0 aliphatic carbocycles. The molecule has 2 aromatic rings. The van der Waals surface area contributed by atoms with Gasteiger partial charge in [-0.3, -0.25) is 9.59 Å². The lowest BCUT2D eigenvalue weighted by Crippen LogP contribution is -2.51. The van der Waals surface area contributed by atoms with Crippen LogP contribution < -0.4 is 25.8 Å². The van der Waals surface area contributed by atoms with Crippen LogP contribution in [0.4, 0.5) is 0 Å². The van der Waals surface area contributed by atoms with Crippen molar-refractivity contribution in [3.8, 4) is 11.5 Å². The predicted octanol–water partition coefficient (Wildman–Crippen LogP) is 1.98. The van der Waals surface area contributed by atoms with Gasteiger partial charge in [0.1, 0.15) is 0 Å². The van der Waals surface area contributed by atoms with Crippen LogP contribution >= 0.6 is 11.9 Å². The van der Waals surface area contributed by atoms with E-state index in [0.29, 0.717) is 32.1 Å². The van der Waals surface area contributed by atoms with Crippen molar-refractivity contribution in [2.75, 3.05) is 39.4 Å². The first-order valence-electron chi connectivity index (χ1n) is 12.6. The third kappa shape index (κ3) is 9.88. The summed E-state index contributed by atoms with van der Waals surface area (Å²) in [5.74, 6) is 1.03. The van der Waals surface area contributed by atoms with Gasteiger partial charge in [-0.25, -0.2) is 4.31 Å². The van der Waals surface area contributed by atoms with Crippen LogP contribution in [-0.2, 0) is 16.0 Å². The van der Waals surface area contributed by atoms with Crippen molar-refractivity contribution in [3.63, 3.8) is 0 Å². The molecule has 0 saturated carbocycles. The van der Waals surface area contributed by atoms with Crippen LogP contribution in [0.15, 0.2) is 53.4 Å². The Morgan fingerprint density at radius 2 is 1.78 bits per heavy atom. The minimum atomic E-state index is -0.860. The van der Waals surface area contributed by atoms with Crippen LogP contribution in [0.5, 0.6) is 11.5 Å². The van der Waals surface area contributed by atoms with Gasteiger partial charge in [0.05, 0.1) is 38.4 Å². The number of aliphatic hydroxyl groups excluding tert-OH is 1. The molecule has 5 N–H and O–H groups in total. The summed E-state index contributed by atoms with van der Waals surface area (Å²) in [6.07, 6.45) is 0.428. The number of hydrogen-bond donors (Lipinski definition) is 4. The lowest BCUT2D eigenvalue weighted by Gasteiger charge is -2.30. The Balaban J connectivity index is 1.71. The molecule has 0 bridgehead atoms. The van der Waals surface area contributed by atoms with Crippen molar-refractivity contribution in [2.45, 2.75) is 43.7 Å². The summed E-state index contributed by atoms with van der Waals surface area (Å²) in [6.45, 7) is 6.16. The van der Waals surface area contributed by atoms with Crippen molar-refractivity contribution in [1.82, 2.24) is 14.9 Å². The van der Waals surface area contributed by atoms with E-state index in [4.69, 9.17) is 15.2 Å². The van der Waals surface area contributed by atoms with Crippen molar-refractivity contribution < 1.29 is 24.2 Å². The molecule has 2 aromatic carbocycles. The number of benzene rings is 2. The summed E-state index contributed by atoms with van der Waals surface area (Å²) in [4.78, 5) is 25.0. The summed E-state index contributed by atoms with van der Waals surface area (Å²) >= 11 is 1.54. The number of hydrogen-bond acceptors (Lipinski definition) is 8. The molecule has 0 aromatic heterocycles. The first-order valence-corrected chi connectivity index (χ1v) is 13.4. The second kappa shape index (κ2) is 14.8. The number of nitrogens with one attached hydrogen (secondary N) is 2. The lowest BCUT2D eigenvalue weighted by atomic mass is 10.0. The molecule has 2 amide bonds. The van der Waals surface area contributed by atoms with Gasteiger partial charge in [-0.05, 0) is 48.0 Å². The summed E-state index contributed by atoms with van der Waals surface area (Å²) in [5.41, 5.74) is 6.30. The van der Waals surface area contributed by atoms with Gasteiger partial charge in [-0.2, -0.15) is 0 Å². The molecule has 1 aliphatic heterocycles. The molecule has 0 spiro atoms. The normalized spacial score (nSPS) is 14.6. The summed E-state index contributed by atoms with van der Waals surface area (Å²) < 4.78 is 13.7. The largest absolute Gasteiger partial charge is 0.490 e. The molecule has 1 aliphatic rings. The van der Waals surface area contributed by atoms with Crippen molar-refractivity contribution >= 4 is 23.8 Å². The minimum Gasteiger partial charge on any atom is -0.490 e. The zero-order chi connectivity index (χ0) is 26.6. The Kier molecular flexibility index (Phi) is 11.5. The second-order valence-electron chi connectivity index (χ2n) is 9.40. The second-order valence-corrected chi connectivity index (χ2v) is 10.6. The van der Waals surface area contributed by atoms with Gasteiger partial charge in [0.25, 0.3) is 0 Å². The van der Waals surface area contributed by atoms with Crippen LogP contribution in [0.2, 0.25) is 0 Å². The van der Waals surface area contributed by atoms with Gasteiger partial charge >= 0.3 is 0 Å². The average molecular weight is 531 g/mol. The molecule has 9 nitrogen and oxygen atoms in total. The Bertz CT molecular complexity index is 1010. The molecule has 0 saturated heterocycles. The molecular formula is C27H38N4O5S. The van der Waals surface area contributed by atoms with Crippen LogP contribution in [0.3, 0.4) is 0 Å². The smallest absolute Gasteiger partial charge is 0.239 e. The summed E-state index contributed by atoms with van der Waals surface area (Å²) in [7, 11) is 0. The number of nitrogens with zero attached hydrogens (tertiary/aromatic N) is 1. The number of aliphatic hydroxyl groups is 1. The molecule has 2 atom stereocenters. The number of carbonyl (C=O) groups is 2. The SMILES string of the molecule is CC(C)CN(CC(O)C(Cc1ccccc1)NC(=O)CNC(=O)CN)Sc1ccc2c(c1)OCCCO2. The fourth-order valence-electron chi connectivity index (χ4n) is 3.90. The number of ether oxygens (including phenoxy) is 2. The molecule has 3 rings (SSSR count). The van der Waals surface area contributed by atoms with Crippen LogP contribution in [0.1, 0.15) is 25.8 Å². The summed E-state index contributed by atoms with van der Waals surface area (Å²) in [5, 5.41) is 16.7. The first kappa shape index (κ1) is 28.8. The summed E-state index contributed by atoms with van der Waals surface area (Å²) in [6, 6.07) is 15.0. The Morgan fingerprint density at radius 3 is 2.49 bits per heavy atom. The van der Waals surface area contributed by atoms with E-state index in [1.54, 1.807) is 0 Å². The van der Waals surface area contributed by atoms with Crippen molar-refractivity contribution in [2.24, 2.45) is 11.7 Å². The van der Waals surface area contributed by atoms with E-state index in [1.807, 2.05) is 48.5 Å². The van der Waals surface area contributed by atoms with Crippen LogP contribution in [0.25, 0.3) is 0 Å². The Morgan fingerprint density at radius 1 is 1.05 bits per heavy atom. The zero-order valence-electron chi connectivity index (χ0n) is 21.5. The quantitative estimate of drug-likeness (QED) is 0.290. The van der Waals surface area contributed by atoms with Gasteiger partial charge in [0.15, 0.2) is 11.5 Å². The van der Waals surface area contributed by atoms with E-state index < -0.39 is 18.1 Å². The average Bonchev–Trinajstić information content (AvgIpc) is 3.12. The van der Waals surface area contributed by atoms with Crippen LogP contribution in [0, 0.1) is 5.92 Å². The molecule has 37 heavy (non-hydrogen) atoms. The highest BCUT2D eigenvalue weighted by molar-refractivity contribution is 7.97. The topological polar surface area (TPSA) is 126 Å². The van der Waals surface area contributed by atoms with Gasteiger partial charge in [-0.1, -0.05) is 44.2 Å². The molecule has 2 unspecified atom stereocenters. The highest BCUT2D eigenvalue weighted by atomic mass is 32.2. The van der Waals surface area contributed by atoms with Gasteiger partial charge in [0, 0.05) is 24.4 Å². The highest BCUT2D eigenvalue weighted by Crippen LogP contribution is 2.35. The van der Waals surface area contributed by atoms with Crippen LogP contribution in [-0.4, -0.2) is 72.8 Å². The molecular weight excluding hydrogens is 492 g/mol. The van der Waals surface area contributed by atoms with Gasteiger partial charge in [0.2, 0.25) is 11.8 Å². The Labute approximate surface area is 223 Å². The predicted molar refractivity (Wildman–Crippen MR) is 144 cm³/mol. The van der Waals surface area contributed by atoms with E-state index in [2.05, 4.69) is 28.8 Å². The third-order valence-corrected chi connectivity index (χ3v) is 6.67. The van der Waals surface area contributed by atoms with Crippen molar-refractivity contribution in [1.29, 1.82) is 0 Å². The lowest BCUT2D eigenvalue weighted by molar-refractivity contribution is -0.126. The fourth-order valence-corrected chi connectivity index (χ4v) is 5.09. The van der Waals surface area contributed by atoms with Gasteiger partial charge < -0.3 is 30.9 Å². The maximum Gasteiger partial charge on any atom is 0.239 e. The number of rotatable bonds is 13. The third-order valence-electron chi connectivity index (χ3n) is 5.65. The maximum absolute atomic E-state index is 12.6. The number of nitrogens with two attached hydrogens (primary N) is 1. The number of carbonyl (C=O) groups excluding carboxylic acids is 2. The highest BCUT2D eigenvalue weighted by Gasteiger charge is 2.25. The maximum atomic E-state index is 12.6. The Hall–Kier alpha value is -2.79. The van der Waals surface area contributed by atoms with E-state index >= 15 is 0 Å². The molecule has 202 valence electrons. The van der Waals surface area contributed by atoms with Crippen molar-refractivity contribution in [3.05, 3.63) is 54.1 Å². The molecule has 10 heteroatoms. The standard InChI is InChI=1S/C27H38N4O5S/c1-19(2)17-31(37-21-9-10-24-25(14-21)36-12-6-11-35-24)18-23(32)22(13-20-7-4-3-5-8-20)30-27(34)16-29-26(33)15-28/h3-5,7-10,14,19,22-23,32H,6,11-13,15-18,28H2,1-2H3,(H,29,33)(H,30,34). The van der Waals surface area contributed by atoms with Gasteiger partial charge in [-0.15, -0.1) is 0 Å². The first-order chi connectivity index (χ1) is 17.8. The minimum absolute atomic E-state index is 0.190. The zero-order valence-corrected chi connectivity index (χ0v) is 22.3. The van der Waals surface area contributed by atoms with E-state index in [0.717, 1.165) is 34.9 Å². The monoisotopic (exact) mass is 530 g/mol. The van der Waals surface area contributed by atoms with E-state index in [1.165, 1.54) is 11.9 Å². The number of amides is 2. The fraction of sp³-hybridized carbons (Fsp3) is 0.481. The molecule has 0 fully saturated rings. The number of fused-ring (bicyclic) bond motifs is 1.